The van der Waals surface area contributed by atoms with Gasteiger partial charge in [0.25, 0.3) is 5.91 Å². The van der Waals surface area contributed by atoms with Gasteiger partial charge in [-0.3, -0.25) is 9.79 Å². The van der Waals surface area contributed by atoms with Crippen molar-refractivity contribution in [2.75, 3.05) is 33.4 Å². The van der Waals surface area contributed by atoms with Gasteiger partial charge in [0.05, 0.1) is 0 Å². The summed E-state index contributed by atoms with van der Waals surface area (Å²) in [4.78, 5) is 30.8. The number of piperidine rings is 1. The van der Waals surface area contributed by atoms with E-state index in [9.17, 15) is 9.59 Å². The molecule has 134 valence electrons. The molecule has 0 aliphatic carbocycles. The van der Waals surface area contributed by atoms with Gasteiger partial charge in [0.2, 0.25) is 0 Å². The van der Waals surface area contributed by atoms with Crippen LogP contribution in [0, 0.1) is 0 Å². The topological polar surface area (TPSA) is 83.0 Å². The Morgan fingerprint density at radius 2 is 2.04 bits per heavy atom. The van der Waals surface area contributed by atoms with E-state index >= 15 is 0 Å². The first-order valence-corrected chi connectivity index (χ1v) is 8.59. The van der Waals surface area contributed by atoms with Crippen LogP contribution in [0.25, 0.3) is 0 Å². The summed E-state index contributed by atoms with van der Waals surface area (Å²) in [5, 5.41) is 5.73. The van der Waals surface area contributed by atoms with Crippen molar-refractivity contribution in [3.63, 3.8) is 0 Å². The largest absolute Gasteiger partial charge is 0.377 e. The molecule has 0 aromatic heterocycles. The Morgan fingerprint density at radius 3 is 2.72 bits per heavy atom. The zero-order valence-corrected chi connectivity index (χ0v) is 14.5. The Morgan fingerprint density at radius 1 is 1.32 bits per heavy atom. The van der Waals surface area contributed by atoms with Gasteiger partial charge >= 0.3 is 6.03 Å². The van der Waals surface area contributed by atoms with Gasteiger partial charge in [-0.15, -0.1) is 0 Å². The zero-order chi connectivity index (χ0) is 17.7. The van der Waals surface area contributed by atoms with E-state index in [2.05, 4.69) is 15.6 Å². The smallest absolute Gasteiger partial charge is 0.317 e. The molecule has 2 aliphatic heterocycles. The van der Waals surface area contributed by atoms with E-state index in [1.807, 2.05) is 30.3 Å². The van der Waals surface area contributed by atoms with E-state index in [0.717, 1.165) is 6.42 Å². The van der Waals surface area contributed by atoms with Gasteiger partial charge in [-0.25, -0.2) is 4.79 Å². The number of methoxy groups -OCH3 is 1. The van der Waals surface area contributed by atoms with Crippen molar-refractivity contribution in [2.45, 2.75) is 24.8 Å². The van der Waals surface area contributed by atoms with E-state index in [1.165, 1.54) is 5.56 Å². The summed E-state index contributed by atoms with van der Waals surface area (Å²) in [6, 6.07) is 9.98. The number of amides is 3. The third-order valence-corrected chi connectivity index (χ3v) is 4.72. The van der Waals surface area contributed by atoms with Crippen LogP contribution in [0.15, 0.2) is 35.3 Å². The van der Waals surface area contributed by atoms with Crippen LogP contribution in [-0.4, -0.2) is 61.6 Å². The average molecular weight is 344 g/mol. The van der Waals surface area contributed by atoms with E-state index in [4.69, 9.17) is 4.74 Å². The van der Waals surface area contributed by atoms with Crippen molar-refractivity contribution in [2.24, 2.45) is 4.99 Å². The summed E-state index contributed by atoms with van der Waals surface area (Å²) in [5.74, 6) is 0.497. The summed E-state index contributed by atoms with van der Waals surface area (Å²) < 4.78 is 5.03. The number of ether oxygens (including phenoxy) is 1. The Hall–Kier alpha value is -2.41. The molecule has 2 heterocycles. The van der Waals surface area contributed by atoms with Crippen molar-refractivity contribution >= 4 is 17.8 Å². The normalized spacial score (nSPS) is 18.8. The number of carbonyl (C=O) groups excluding carboxylic acids is 2. The van der Waals surface area contributed by atoms with Crippen LogP contribution in [-0.2, 0) is 16.0 Å². The fourth-order valence-corrected chi connectivity index (χ4v) is 3.28. The summed E-state index contributed by atoms with van der Waals surface area (Å²) in [5.41, 5.74) is 0.470. The second-order valence-electron chi connectivity index (χ2n) is 6.43. The Labute approximate surface area is 147 Å². The molecule has 1 fully saturated rings. The number of hydrogen-bond acceptors (Lipinski definition) is 4. The third-order valence-electron chi connectivity index (χ3n) is 4.72. The molecular formula is C18H24N4O3. The summed E-state index contributed by atoms with van der Waals surface area (Å²) in [7, 11) is 1.57. The molecule has 1 saturated heterocycles. The molecule has 3 amide bonds. The lowest BCUT2D eigenvalue weighted by Gasteiger charge is -2.35. The van der Waals surface area contributed by atoms with Crippen LogP contribution in [0.5, 0.6) is 0 Å². The fraction of sp³-hybridized carbons (Fsp3) is 0.500. The van der Waals surface area contributed by atoms with Gasteiger partial charge in [0.1, 0.15) is 18.0 Å². The minimum absolute atomic E-state index is 0.0784. The van der Waals surface area contributed by atoms with Crippen molar-refractivity contribution < 1.29 is 14.3 Å². The van der Waals surface area contributed by atoms with E-state index in [0.29, 0.717) is 44.9 Å². The molecule has 3 rings (SSSR count). The number of amidine groups is 1. The van der Waals surface area contributed by atoms with Crippen LogP contribution in [0.3, 0.4) is 0 Å². The van der Waals surface area contributed by atoms with Crippen LogP contribution in [0.4, 0.5) is 4.79 Å². The van der Waals surface area contributed by atoms with Crippen molar-refractivity contribution in [1.29, 1.82) is 0 Å². The van der Waals surface area contributed by atoms with E-state index in [1.54, 1.807) is 12.0 Å². The summed E-state index contributed by atoms with van der Waals surface area (Å²) in [6.45, 7) is 1.95. The zero-order valence-electron chi connectivity index (χ0n) is 14.5. The number of aliphatic imine (C=N–C) groups is 1. The number of likely N-dealkylation sites (tertiary alicyclic amines) is 1. The highest BCUT2D eigenvalue weighted by Gasteiger charge is 2.46. The minimum Gasteiger partial charge on any atom is -0.377 e. The van der Waals surface area contributed by atoms with Gasteiger partial charge in [0.15, 0.2) is 0 Å². The lowest BCUT2D eigenvalue weighted by atomic mass is 9.88. The summed E-state index contributed by atoms with van der Waals surface area (Å²) >= 11 is 0. The second-order valence-corrected chi connectivity index (χ2v) is 6.43. The highest BCUT2D eigenvalue weighted by atomic mass is 16.5. The van der Waals surface area contributed by atoms with Crippen LogP contribution in [0.1, 0.15) is 18.4 Å². The Kier molecular flexibility index (Phi) is 5.33. The highest BCUT2D eigenvalue weighted by Crippen LogP contribution is 2.29. The molecule has 7 heteroatoms. The number of hydrogen-bond donors (Lipinski definition) is 2. The first-order valence-electron chi connectivity index (χ1n) is 8.59. The van der Waals surface area contributed by atoms with Gasteiger partial charge in [-0.05, 0) is 24.8 Å². The molecule has 1 spiro atoms. The Balaban J connectivity index is 1.47. The standard InChI is InChI=1S/C18H24N4O3/c1-25-13-15-20-16(23)18(21-15)8-11-22(12-9-18)17(24)19-10-7-14-5-3-2-4-6-14/h2-6H,7-13H2,1H3,(H,19,24)(H,20,21,23). The first-order chi connectivity index (χ1) is 12.1. The molecule has 7 nitrogen and oxygen atoms in total. The van der Waals surface area contributed by atoms with Crippen molar-refractivity contribution in [1.82, 2.24) is 15.5 Å². The molecule has 2 aliphatic rings. The number of urea groups is 1. The predicted octanol–water partition coefficient (Wildman–Crippen LogP) is 0.948. The number of nitrogens with zero attached hydrogens (tertiary/aromatic N) is 2. The van der Waals surface area contributed by atoms with Crippen molar-refractivity contribution in [3.05, 3.63) is 35.9 Å². The van der Waals surface area contributed by atoms with Crippen LogP contribution in [0.2, 0.25) is 0 Å². The first kappa shape index (κ1) is 17.4. The molecule has 0 atom stereocenters. The highest BCUT2D eigenvalue weighted by molar-refractivity contribution is 6.08. The maximum atomic E-state index is 12.3. The van der Waals surface area contributed by atoms with Crippen LogP contribution < -0.4 is 10.6 Å². The van der Waals surface area contributed by atoms with Crippen LogP contribution >= 0.6 is 0 Å². The fourth-order valence-electron chi connectivity index (χ4n) is 3.28. The molecule has 0 unspecified atom stereocenters. The van der Waals surface area contributed by atoms with Gasteiger partial charge in [0, 0.05) is 26.7 Å². The number of rotatable bonds is 5. The number of nitrogens with one attached hydrogen (secondary N) is 2. The maximum Gasteiger partial charge on any atom is 0.317 e. The van der Waals surface area contributed by atoms with Crippen molar-refractivity contribution in [3.8, 4) is 0 Å². The summed E-state index contributed by atoms with van der Waals surface area (Å²) in [6.07, 6.45) is 1.88. The molecule has 2 N–H and O–H groups in total. The van der Waals surface area contributed by atoms with Gasteiger partial charge in [-0.2, -0.15) is 0 Å². The molecule has 1 aromatic carbocycles. The molecule has 0 radical (unpaired) electrons. The SMILES string of the molecule is COCC1=NC2(CCN(C(=O)NCCc3ccccc3)CC2)C(=O)N1. The molecule has 1 aromatic rings. The minimum atomic E-state index is -0.727. The number of benzene rings is 1. The average Bonchev–Trinajstić information content (AvgIpc) is 2.92. The van der Waals surface area contributed by atoms with E-state index in [-0.39, 0.29) is 11.9 Å². The molecule has 25 heavy (non-hydrogen) atoms. The third kappa shape index (κ3) is 3.99. The predicted molar refractivity (Wildman–Crippen MR) is 94.5 cm³/mol. The lowest BCUT2D eigenvalue weighted by molar-refractivity contribution is -0.125. The number of carbonyl (C=O) groups is 2. The molecular weight excluding hydrogens is 320 g/mol. The van der Waals surface area contributed by atoms with E-state index < -0.39 is 5.54 Å². The lowest BCUT2D eigenvalue weighted by Crippen LogP contribution is -2.52. The molecule has 0 bridgehead atoms. The Bertz CT molecular complexity index is 652. The maximum absolute atomic E-state index is 12.3. The van der Waals surface area contributed by atoms with Gasteiger partial charge in [-0.1, -0.05) is 30.3 Å². The monoisotopic (exact) mass is 344 g/mol. The van der Waals surface area contributed by atoms with Gasteiger partial charge < -0.3 is 20.3 Å². The molecule has 0 saturated carbocycles. The second kappa shape index (κ2) is 7.65. The quantitative estimate of drug-likeness (QED) is 0.834.